The second kappa shape index (κ2) is 3.01. The zero-order valence-electron chi connectivity index (χ0n) is 8.03. The highest BCUT2D eigenvalue weighted by Gasteiger charge is 2.12. The van der Waals surface area contributed by atoms with Gasteiger partial charge in [0.25, 0.3) is 0 Å². The van der Waals surface area contributed by atoms with E-state index in [2.05, 4.69) is 27.0 Å². The van der Waals surface area contributed by atoms with E-state index >= 15 is 0 Å². The van der Waals surface area contributed by atoms with E-state index in [1.165, 1.54) is 37.0 Å². The summed E-state index contributed by atoms with van der Waals surface area (Å²) >= 11 is 0. The summed E-state index contributed by atoms with van der Waals surface area (Å²) in [5.41, 5.74) is 2.24. The van der Waals surface area contributed by atoms with Crippen LogP contribution in [0.4, 0.5) is 5.69 Å². The Hall–Kier alpha value is -1.51. The molecule has 3 heterocycles. The van der Waals surface area contributed by atoms with Gasteiger partial charge in [0.15, 0.2) is 0 Å². The maximum Gasteiger partial charge on any atom is 0.137 e. The molecule has 0 amide bonds. The molecule has 1 N–H and O–H groups in total. The molecule has 1 aliphatic heterocycles. The quantitative estimate of drug-likeness (QED) is 0.742. The number of H-pyrrole nitrogens is 1. The van der Waals surface area contributed by atoms with E-state index in [4.69, 9.17) is 0 Å². The predicted octanol–water partition coefficient (Wildman–Crippen LogP) is 2.16. The van der Waals surface area contributed by atoms with Crippen LogP contribution in [0.2, 0.25) is 0 Å². The summed E-state index contributed by atoms with van der Waals surface area (Å²) < 4.78 is 0. The molecule has 3 heteroatoms. The van der Waals surface area contributed by atoms with Gasteiger partial charge >= 0.3 is 0 Å². The molecule has 2 aromatic heterocycles. The van der Waals surface area contributed by atoms with E-state index in [1.807, 2.05) is 12.4 Å². The smallest absolute Gasteiger partial charge is 0.137 e. The summed E-state index contributed by atoms with van der Waals surface area (Å²) in [6, 6.07) is 4.28. The van der Waals surface area contributed by atoms with Gasteiger partial charge in [-0.05, 0) is 25.0 Å². The molecule has 72 valence electrons. The molecule has 0 aromatic carbocycles. The molecule has 14 heavy (non-hydrogen) atoms. The molecule has 0 bridgehead atoms. The molecule has 0 spiro atoms. The first kappa shape index (κ1) is 7.85. The lowest BCUT2D eigenvalue weighted by atomic mass is 10.3. The molecule has 0 aliphatic carbocycles. The summed E-state index contributed by atoms with van der Waals surface area (Å²) in [5, 5.41) is 1.20. The normalized spacial score (nSPS) is 16.7. The summed E-state index contributed by atoms with van der Waals surface area (Å²) in [6.07, 6.45) is 6.52. The zero-order valence-corrected chi connectivity index (χ0v) is 8.03. The molecule has 3 rings (SSSR count). The van der Waals surface area contributed by atoms with E-state index in [9.17, 15) is 0 Å². The highest BCUT2D eigenvalue weighted by Crippen LogP contribution is 2.22. The molecule has 3 nitrogen and oxygen atoms in total. The van der Waals surface area contributed by atoms with Crippen LogP contribution in [0.15, 0.2) is 24.5 Å². The minimum absolute atomic E-state index is 0.980. The summed E-state index contributed by atoms with van der Waals surface area (Å²) in [5.74, 6) is 0. The molecule has 0 saturated carbocycles. The van der Waals surface area contributed by atoms with Crippen molar-refractivity contribution in [2.45, 2.75) is 12.8 Å². The van der Waals surface area contributed by atoms with Gasteiger partial charge in [-0.15, -0.1) is 0 Å². The van der Waals surface area contributed by atoms with Crippen molar-refractivity contribution >= 4 is 16.7 Å². The number of rotatable bonds is 1. The van der Waals surface area contributed by atoms with Crippen LogP contribution in [0.3, 0.4) is 0 Å². The first-order chi connectivity index (χ1) is 6.93. The maximum absolute atomic E-state index is 4.39. The Morgan fingerprint density at radius 2 is 2.14 bits per heavy atom. The Kier molecular flexibility index (Phi) is 1.69. The Bertz CT molecular complexity index is 440. The zero-order chi connectivity index (χ0) is 9.38. The molecule has 0 radical (unpaired) electrons. The summed E-state index contributed by atoms with van der Waals surface area (Å²) in [4.78, 5) is 9.90. The van der Waals surface area contributed by atoms with E-state index in [1.54, 1.807) is 0 Å². The molecule has 0 unspecified atom stereocenters. The van der Waals surface area contributed by atoms with Crippen molar-refractivity contribution in [3.63, 3.8) is 0 Å². The van der Waals surface area contributed by atoms with Crippen LogP contribution >= 0.6 is 0 Å². The van der Waals surface area contributed by atoms with Crippen LogP contribution in [0, 0.1) is 0 Å². The maximum atomic E-state index is 4.39. The summed E-state index contributed by atoms with van der Waals surface area (Å²) in [7, 11) is 0. The molecule has 2 aromatic rings. The number of anilines is 1. The largest absolute Gasteiger partial charge is 0.370 e. The van der Waals surface area contributed by atoms with Gasteiger partial charge in [0, 0.05) is 24.7 Å². The van der Waals surface area contributed by atoms with E-state index < -0.39 is 0 Å². The van der Waals surface area contributed by atoms with Crippen molar-refractivity contribution in [2.24, 2.45) is 0 Å². The van der Waals surface area contributed by atoms with Gasteiger partial charge < -0.3 is 9.88 Å². The second-order valence-corrected chi connectivity index (χ2v) is 3.80. The number of nitrogens with zero attached hydrogens (tertiary/aromatic N) is 2. The highest BCUT2D eigenvalue weighted by molar-refractivity contribution is 5.79. The lowest BCUT2D eigenvalue weighted by Gasteiger charge is -2.16. The van der Waals surface area contributed by atoms with Crippen LogP contribution in [0.25, 0.3) is 11.0 Å². The lowest BCUT2D eigenvalue weighted by molar-refractivity contribution is 0.949. The second-order valence-electron chi connectivity index (χ2n) is 3.80. The van der Waals surface area contributed by atoms with Gasteiger partial charge in [-0.1, -0.05) is 0 Å². The highest BCUT2D eigenvalue weighted by atomic mass is 15.1. The number of pyridine rings is 1. The van der Waals surface area contributed by atoms with Crippen molar-refractivity contribution in [1.82, 2.24) is 9.97 Å². The van der Waals surface area contributed by atoms with Crippen molar-refractivity contribution in [1.29, 1.82) is 0 Å². The van der Waals surface area contributed by atoms with Gasteiger partial charge in [0.05, 0.1) is 11.9 Å². The minimum atomic E-state index is 0.980. The summed E-state index contributed by atoms with van der Waals surface area (Å²) in [6.45, 7) is 2.36. The fraction of sp³-hybridized carbons (Fsp3) is 0.364. The number of fused-ring (bicyclic) bond motifs is 1. The van der Waals surface area contributed by atoms with E-state index in [-0.39, 0.29) is 0 Å². The fourth-order valence-corrected chi connectivity index (χ4v) is 2.08. The molecular formula is C11H13N3. The van der Waals surface area contributed by atoms with Crippen molar-refractivity contribution in [3.8, 4) is 0 Å². The molecule has 0 atom stereocenters. The van der Waals surface area contributed by atoms with Crippen molar-refractivity contribution in [3.05, 3.63) is 24.5 Å². The van der Waals surface area contributed by atoms with Crippen LogP contribution in [0.5, 0.6) is 0 Å². The monoisotopic (exact) mass is 187 g/mol. The Morgan fingerprint density at radius 1 is 1.29 bits per heavy atom. The standard InChI is InChI=1S/C11H13N3/c1-2-6-14(5-1)10-7-9-3-4-12-11(9)13-8-10/h3-4,7-8H,1-2,5-6H2,(H,12,13). The van der Waals surface area contributed by atoms with Crippen LogP contribution in [-0.4, -0.2) is 23.1 Å². The third-order valence-electron chi connectivity index (χ3n) is 2.86. The topological polar surface area (TPSA) is 31.9 Å². The SMILES string of the molecule is c1cc2cc(N3CCCC3)cnc2[nH]1. The van der Waals surface area contributed by atoms with Gasteiger partial charge in [-0.25, -0.2) is 4.98 Å². The van der Waals surface area contributed by atoms with Crippen LogP contribution in [0.1, 0.15) is 12.8 Å². The molecule has 1 saturated heterocycles. The number of hydrogen-bond donors (Lipinski definition) is 1. The number of nitrogens with one attached hydrogen (secondary N) is 1. The Balaban J connectivity index is 2.04. The Labute approximate surface area is 82.8 Å². The first-order valence-corrected chi connectivity index (χ1v) is 5.11. The van der Waals surface area contributed by atoms with Gasteiger partial charge in [0.2, 0.25) is 0 Å². The lowest BCUT2D eigenvalue weighted by Crippen LogP contribution is -2.17. The third kappa shape index (κ3) is 1.16. The van der Waals surface area contributed by atoms with E-state index in [0.717, 1.165) is 5.65 Å². The third-order valence-corrected chi connectivity index (χ3v) is 2.86. The van der Waals surface area contributed by atoms with Crippen LogP contribution in [-0.2, 0) is 0 Å². The Morgan fingerprint density at radius 3 is 3.00 bits per heavy atom. The number of aromatic amines is 1. The van der Waals surface area contributed by atoms with Gasteiger partial charge in [0.1, 0.15) is 5.65 Å². The number of hydrogen-bond acceptors (Lipinski definition) is 2. The fourth-order valence-electron chi connectivity index (χ4n) is 2.08. The predicted molar refractivity (Wildman–Crippen MR) is 57.5 cm³/mol. The van der Waals surface area contributed by atoms with Crippen LogP contribution < -0.4 is 4.90 Å². The number of aromatic nitrogens is 2. The molecule has 1 aliphatic rings. The average molecular weight is 187 g/mol. The van der Waals surface area contributed by atoms with Crippen molar-refractivity contribution in [2.75, 3.05) is 18.0 Å². The average Bonchev–Trinajstić information content (AvgIpc) is 2.88. The van der Waals surface area contributed by atoms with E-state index in [0.29, 0.717) is 0 Å². The van der Waals surface area contributed by atoms with Gasteiger partial charge in [-0.3, -0.25) is 0 Å². The first-order valence-electron chi connectivity index (χ1n) is 5.11. The molecule has 1 fully saturated rings. The minimum Gasteiger partial charge on any atom is -0.370 e. The van der Waals surface area contributed by atoms with Gasteiger partial charge in [-0.2, -0.15) is 0 Å². The van der Waals surface area contributed by atoms with Crippen molar-refractivity contribution < 1.29 is 0 Å². The molecular weight excluding hydrogens is 174 g/mol.